The molecule has 0 aliphatic heterocycles. The van der Waals surface area contributed by atoms with E-state index in [1.54, 1.807) is 6.92 Å². The zero-order chi connectivity index (χ0) is 37.8. The highest BCUT2D eigenvalue weighted by Gasteiger charge is 2.72. The number of carbonyl (C=O) groups excluding carboxylic acids is 8. The molecule has 49 heavy (non-hydrogen) atoms. The average Bonchev–Trinajstić information content (AvgIpc) is 3.19. The third kappa shape index (κ3) is 8.90. The molecule has 0 N–H and O–H groups in total. The summed E-state index contributed by atoms with van der Waals surface area (Å²) in [6.45, 7) is 17.9. The van der Waals surface area contributed by atoms with Crippen LogP contribution in [0.3, 0.4) is 0 Å². The van der Waals surface area contributed by atoms with Crippen LogP contribution in [0.1, 0.15) is 82.6 Å². The Hall–Kier alpha value is -4.62. The maximum absolute atomic E-state index is 14.7. The standard InChI is InChI=1S/C35H46O14/c1-13-17(2)32(43)47-28-27(45-21(6)37)19(4)26(44-20(5)36)25-31(46-22(7)38)34(12,48-23(8)39)16-35(25,49-24(9)40)29(41)18(3)14-15-33(10,11)30(28)42/h13-15,18,25-28,31H,4,16H2,1-3,5-12H3/b15-14+,17-13+/t18-,25+,26+,27+,28-,31-,34-,35-/m0/s1. The van der Waals surface area contributed by atoms with Gasteiger partial charge >= 0.3 is 35.8 Å². The minimum Gasteiger partial charge on any atom is -0.458 e. The van der Waals surface area contributed by atoms with Gasteiger partial charge in [-0.15, -0.1) is 0 Å². The van der Waals surface area contributed by atoms with Crippen molar-refractivity contribution in [1.82, 2.24) is 0 Å². The summed E-state index contributed by atoms with van der Waals surface area (Å²) >= 11 is 0. The number of hydrogen-bond acceptors (Lipinski definition) is 14. The number of esters is 6. The summed E-state index contributed by atoms with van der Waals surface area (Å²) in [5, 5.41) is 0. The Morgan fingerprint density at radius 3 is 1.71 bits per heavy atom. The molecule has 0 spiro atoms. The van der Waals surface area contributed by atoms with E-state index in [1.165, 1.54) is 52.8 Å². The number of ether oxygens (including phenoxy) is 6. The molecular weight excluding hydrogens is 644 g/mol. The van der Waals surface area contributed by atoms with E-state index < -0.39 is 112 Å². The molecule has 2 rings (SSSR count). The molecule has 14 nitrogen and oxygen atoms in total. The van der Waals surface area contributed by atoms with Crippen molar-refractivity contribution in [3.05, 3.63) is 36.0 Å². The predicted molar refractivity (Wildman–Crippen MR) is 170 cm³/mol. The van der Waals surface area contributed by atoms with Gasteiger partial charge in [0.05, 0.1) is 5.92 Å². The Morgan fingerprint density at radius 1 is 0.735 bits per heavy atom. The van der Waals surface area contributed by atoms with Crippen molar-refractivity contribution in [1.29, 1.82) is 0 Å². The second kappa shape index (κ2) is 15.3. The lowest BCUT2D eigenvalue weighted by Crippen LogP contribution is -2.58. The first-order chi connectivity index (χ1) is 22.4. The number of Topliss-reactive ketones (excluding diaryl/α,β-unsaturated/α-hetero) is 2. The molecule has 0 aromatic carbocycles. The Bertz CT molecular complexity index is 1480. The number of hydrogen-bond donors (Lipinski definition) is 0. The summed E-state index contributed by atoms with van der Waals surface area (Å²) in [6.07, 6.45) is -3.71. The Balaban J connectivity index is 3.23. The van der Waals surface area contributed by atoms with Crippen molar-refractivity contribution in [2.24, 2.45) is 17.3 Å². The van der Waals surface area contributed by atoms with Crippen molar-refractivity contribution >= 4 is 47.4 Å². The molecule has 0 saturated heterocycles. The van der Waals surface area contributed by atoms with E-state index in [2.05, 4.69) is 6.58 Å². The molecule has 0 aromatic heterocycles. The van der Waals surface area contributed by atoms with Gasteiger partial charge in [0, 0.05) is 63.5 Å². The van der Waals surface area contributed by atoms with Gasteiger partial charge in [-0.3, -0.25) is 33.6 Å². The third-order valence-electron chi connectivity index (χ3n) is 8.51. The summed E-state index contributed by atoms with van der Waals surface area (Å²) < 4.78 is 34.3. The van der Waals surface area contributed by atoms with Gasteiger partial charge in [-0.05, 0) is 34.6 Å². The Labute approximate surface area is 285 Å². The van der Waals surface area contributed by atoms with Gasteiger partial charge in [0.15, 0.2) is 35.0 Å². The Kier molecular flexibility index (Phi) is 12.7. The van der Waals surface area contributed by atoms with E-state index >= 15 is 0 Å². The fraction of sp³-hybridized carbons (Fsp3) is 0.600. The molecule has 0 heterocycles. The molecule has 1 fully saturated rings. The molecule has 2 aliphatic rings. The summed E-state index contributed by atoms with van der Waals surface area (Å²) in [5.74, 6) is -10.1. The maximum atomic E-state index is 14.7. The molecule has 0 bridgehead atoms. The first kappa shape index (κ1) is 40.6. The molecule has 0 aromatic rings. The number of carbonyl (C=O) groups is 8. The fourth-order valence-corrected chi connectivity index (χ4v) is 6.35. The topological polar surface area (TPSA) is 192 Å². The van der Waals surface area contributed by atoms with Crippen LogP contribution >= 0.6 is 0 Å². The van der Waals surface area contributed by atoms with Crippen molar-refractivity contribution in [3.8, 4) is 0 Å². The van der Waals surface area contributed by atoms with E-state index in [-0.39, 0.29) is 5.57 Å². The molecule has 14 heteroatoms. The number of fused-ring (bicyclic) bond motifs is 1. The molecule has 1 saturated carbocycles. The molecule has 8 atom stereocenters. The highest BCUT2D eigenvalue weighted by Crippen LogP contribution is 2.54. The van der Waals surface area contributed by atoms with Crippen LogP contribution < -0.4 is 0 Å². The minimum absolute atomic E-state index is 0.104. The van der Waals surface area contributed by atoms with E-state index in [0.29, 0.717) is 0 Å². The normalized spacial score (nSPS) is 32.3. The van der Waals surface area contributed by atoms with Gasteiger partial charge in [0.25, 0.3) is 0 Å². The lowest BCUT2D eigenvalue weighted by Gasteiger charge is -2.42. The lowest BCUT2D eigenvalue weighted by atomic mass is 9.72. The largest absolute Gasteiger partial charge is 0.458 e. The fourth-order valence-electron chi connectivity index (χ4n) is 6.35. The lowest BCUT2D eigenvalue weighted by molar-refractivity contribution is -0.191. The van der Waals surface area contributed by atoms with Gasteiger partial charge < -0.3 is 28.4 Å². The third-order valence-corrected chi connectivity index (χ3v) is 8.51. The average molecular weight is 691 g/mol. The van der Waals surface area contributed by atoms with Gasteiger partial charge in [-0.2, -0.15) is 0 Å². The molecule has 0 amide bonds. The van der Waals surface area contributed by atoms with E-state index in [1.807, 2.05) is 0 Å². The predicted octanol–water partition coefficient (Wildman–Crippen LogP) is 3.23. The molecule has 2 aliphatic carbocycles. The van der Waals surface area contributed by atoms with Crippen LogP contribution in [0, 0.1) is 17.3 Å². The zero-order valence-electron chi connectivity index (χ0n) is 29.8. The van der Waals surface area contributed by atoms with E-state index in [9.17, 15) is 38.4 Å². The quantitative estimate of drug-likeness (QED) is 0.164. The van der Waals surface area contributed by atoms with Crippen LogP contribution in [0.4, 0.5) is 0 Å². The van der Waals surface area contributed by atoms with Crippen LogP contribution in [-0.4, -0.2) is 83.0 Å². The van der Waals surface area contributed by atoms with Crippen LogP contribution in [0.25, 0.3) is 0 Å². The van der Waals surface area contributed by atoms with Gasteiger partial charge in [0.2, 0.25) is 6.10 Å². The minimum atomic E-state index is -2.36. The maximum Gasteiger partial charge on any atom is 0.334 e. The number of allylic oxidation sites excluding steroid dienone is 3. The molecule has 270 valence electrons. The Morgan fingerprint density at radius 2 is 1.24 bits per heavy atom. The molecule has 0 radical (unpaired) electrons. The van der Waals surface area contributed by atoms with Crippen LogP contribution in [0.15, 0.2) is 36.0 Å². The van der Waals surface area contributed by atoms with Gasteiger partial charge in [-0.25, -0.2) is 4.79 Å². The highest BCUT2D eigenvalue weighted by molar-refractivity contribution is 5.97. The summed E-state index contributed by atoms with van der Waals surface area (Å²) in [7, 11) is 0. The van der Waals surface area contributed by atoms with E-state index in [4.69, 9.17) is 28.4 Å². The number of rotatable bonds is 7. The van der Waals surface area contributed by atoms with Gasteiger partial charge in [-0.1, -0.05) is 31.7 Å². The van der Waals surface area contributed by atoms with Gasteiger partial charge in [0.1, 0.15) is 6.10 Å². The van der Waals surface area contributed by atoms with Crippen molar-refractivity contribution < 1.29 is 66.8 Å². The zero-order valence-corrected chi connectivity index (χ0v) is 29.8. The smallest absolute Gasteiger partial charge is 0.334 e. The van der Waals surface area contributed by atoms with Crippen LogP contribution in [0.5, 0.6) is 0 Å². The molecule has 0 unspecified atom stereocenters. The van der Waals surface area contributed by atoms with Crippen molar-refractivity contribution in [2.75, 3.05) is 0 Å². The summed E-state index contributed by atoms with van der Waals surface area (Å²) in [6, 6.07) is 0. The van der Waals surface area contributed by atoms with Crippen LogP contribution in [-0.2, 0) is 66.8 Å². The second-order valence-corrected chi connectivity index (χ2v) is 13.2. The molecular formula is C35H46O14. The highest BCUT2D eigenvalue weighted by atomic mass is 16.6. The second-order valence-electron chi connectivity index (χ2n) is 13.2. The van der Waals surface area contributed by atoms with Crippen molar-refractivity contribution in [2.45, 2.75) is 118 Å². The van der Waals surface area contributed by atoms with Crippen molar-refractivity contribution in [3.63, 3.8) is 0 Å². The first-order valence-electron chi connectivity index (χ1n) is 15.7. The summed E-state index contributed by atoms with van der Waals surface area (Å²) in [4.78, 5) is 106. The van der Waals surface area contributed by atoms with Crippen LogP contribution in [0.2, 0.25) is 0 Å². The SMILES string of the molecule is C=C1[C@@H](OC(C)=O)[C@@H]2[C@H](OC(C)=O)[C@@](C)(OC(C)=O)C[C@@]2(OC(C)=O)C(=O)[C@@H](C)/C=C/C(C)(C)C(=O)[C@@H](OC(=O)/C(C)=C/C)[C@@H]1OC(C)=O. The summed E-state index contributed by atoms with van der Waals surface area (Å²) in [5.41, 5.74) is -6.04. The number of ketones is 2. The van der Waals surface area contributed by atoms with E-state index in [0.717, 1.165) is 34.6 Å². The first-order valence-corrected chi connectivity index (χ1v) is 15.7. The monoisotopic (exact) mass is 690 g/mol.